The average molecular weight is 154 g/mol. The fourth-order valence-electron chi connectivity index (χ4n) is 0.550. The number of carbonyl (C=O) groups excluding carboxylic acids is 2. The van der Waals surface area contributed by atoms with E-state index in [1.807, 2.05) is 0 Å². The molecule has 0 bridgehead atoms. The molecule has 0 fully saturated rings. The van der Waals surface area contributed by atoms with Crippen LogP contribution in [0.1, 0.15) is 20.9 Å². The van der Waals surface area contributed by atoms with Crippen molar-refractivity contribution >= 4 is 11.9 Å². The van der Waals surface area contributed by atoms with E-state index in [-0.39, 0.29) is 5.56 Å². The van der Waals surface area contributed by atoms with Gasteiger partial charge in [0.05, 0.1) is 5.97 Å². The largest absolute Gasteiger partial charge is 0.545 e. The minimum absolute atomic E-state index is 0.316. The zero-order valence-electron chi connectivity index (χ0n) is 5.20. The van der Waals surface area contributed by atoms with Gasteiger partial charge >= 0.3 is 0 Å². The van der Waals surface area contributed by atoms with Crippen LogP contribution in [-0.4, -0.2) is 11.9 Å². The van der Waals surface area contributed by atoms with E-state index in [1.54, 1.807) is 0 Å². The first kappa shape index (κ1) is 7.33. The quantitative estimate of drug-likeness (QED) is 0.491. The maximum absolute atomic E-state index is 10.1. The molecule has 0 N–H and O–H groups in total. The van der Waals surface area contributed by atoms with Crippen LogP contribution in [0.5, 0.6) is 0 Å². The summed E-state index contributed by atoms with van der Waals surface area (Å²) >= 11 is 0. The summed E-state index contributed by atoms with van der Waals surface area (Å²) in [6.45, 7) is 0. The first-order chi connectivity index (χ1) is 5.11. The van der Waals surface area contributed by atoms with Crippen molar-refractivity contribution in [2.45, 2.75) is 0 Å². The number of aromatic carboxylic acids is 2. The smallest absolute Gasteiger partial charge is 0.150 e. The van der Waals surface area contributed by atoms with Crippen molar-refractivity contribution < 1.29 is 24.2 Å². The highest BCUT2D eigenvalue weighted by atomic mass is 16.4. The second-order valence-electron chi connectivity index (χ2n) is 1.77. The fourth-order valence-corrected chi connectivity index (χ4v) is 0.550. The topological polar surface area (TPSA) is 93.4 Å². The lowest BCUT2D eigenvalue weighted by Gasteiger charge is -1.93. The molecule has 0 saturated carbocycles. The molecule has 5 heteroatoms. The summed E-state index contributed by atoms with van der Waals surface area (Å²) in [6, 6.07) is 0.824. The average Bonchev–Trinajstić information content (AvgIpc) is 2.33. The highest BCUT2D eigenvalue weighted by Crippen LogP contribution is 2.04. The molecule has 0 aliphatic heterocycles. The molecular weight excluding hydrogens is 152 g/mol. The Hall–Kier alpha value is -1.78. The minimum Gasteiger partial charge on any atom is -0.545 e. The maximum atomic E-state index is 10.1. The Labute approximate surface area is 60.9 Å². The van der Waals surface area contributed by atoms with Crippen LogP contribution in [0.15, 0.2) is 16.7 Å². The van der Waals surface area contributed by atoms with Crippen LogP contribution < -0.4 is 10.2 Å². The van der Waals surface area contributed by atoms with Gasteiger partial charge in [0.2, 0.25) is 0 Å². The Bertz CT molecular complexity index is 269. The lowest BCUT2D eigenvalue weighted by atomic mass is 10.3. The van der Waals surface area contributed by atoms with Gasteiger partial charge in [0, 0.05) is 5.56 Å². The van der Waals surface area contributed by atoms with Crippen molar-refractivity contribution in [2.75, 3.05) is 0 Å². The van der Waals surface area contributed by atoms with E-state index >= 15 is 0 Å². The third kappa shape index (κ3) is 1.37. The summed E-state index contributed by atoms with van der Waals surface area (Å²) in [5.74, 6) is -3.57. The van der Waals surface area contributed by atoms with E-state index in [0.717, 1.165) is 12.3 Å². The lowest BCUT2D eigenvalue weighted by Crippen LogP contribution is -2.23. The van der Waals surface area contributed by atoms with Gasteiger partial charge in [-0.05, 0) is 6.07 Å². The molecule has 0 spiro atoms. The number of carbonyl (C=O) groups is 2. The van der Waals surface area contributed by atoms with Gasteiger partial charge in [-0.1, -0.05) is 0 Å². The number of hydrogen-bond acceptors (Lipinski definition) is 5. The van der Waals surface area contributed by atoms with Crippen LogP contribution in [0.4, 0.5) is 0 Å². The van der Waals surface area contributed by atoms with Crippen molar-refractivity contribution in [2.24, 2.45) is 0 Å². The molecular formula is C6H2O5-2. The Morgan fingerprint density at radius 2 is 1.91 bits per heavy atom. The SMILES string of the molecule is O=C([O-])c1coc(C(=O)[O-])c1. The first-order valence-electron chi connectivity index (χ1n) is 2.62. The van der Waals surface area contributed by atoms with E-state index in [2.05, 4.69) is 4.42 Å². The molecule has 0 aliphatic carbocycles. The van der Waals surface area contributed by atoms with E-state index in [4.69, 9.17) is 0 Å². The van der Waals surface area contributed by atoms with E-state index in [0.29, 0.717) is 0 Å². The summed E-state index contributed by atoms with van der Waals surface area (Å²) in [5, 5.41) is 20.1. The molecule has 1 heterocycles. The molecule has 58 valence electrons. The maximum Gasteiger partial charge on any atom is 0.150 e. The summed E-state index contributed by atoms with van der Waals surface area (Å²) in [5.41, 5.74) is -0.316. The predicted molar refractivity (Wildman–Crippen MR) is 27.4 cm³/mol. The van der Waals surface area contributed by atoms with E-state index in [1.165, 1.54) is 0 Å². The zero-order valence-corrected chi connectivity index (χ0v) is 5.20. The highest BCUT2D eigenvalue weighted by molar-refractivity contribution is 5.90. The molecule has 1 rings (SSSR count). The number of rotatable bonds is 2. The molecule has 1 aromatic rings. The summed E-state index contributed by atoms with van der Waals surface area (Å²) in [4.78, 5) is 20.1. The van der Waals surface area contributed by atoms with Crippen LogP contribution in [-0.2, 0) is 0 Å². The standard InChI is InChI=1S/C6H4O5/c7-5(8)3-1-4(6(9)10)11-2-3/h1-2H,(H,7,8)(H,9,10)/p-2. The Kier molecular flexibility index (Phi) is 1.63. The predicted octanol–water partition coefficient (Wildman–Crippen LogP) is -1.99. The van der Waals surface area contributed by atoms with Crippen LogP contribution >= 0.6 is 0 Å². The van der Waals surface area contributed by atoms with Crippen molar-refractivity contribution in [3.8, 4) is 0 Å². The van der Waals surface area contributed by atoms with Crippen molar-refractivity contribution in [1.82, 2.24) is 0 Å². The normalized spacial score (nSPS) is 9.45. The number of furan rings is 1. The second kappa shape index (κ2) is 2.45. The van der Waals surface area contributed by atoms with Gasteiger partial charge in [0.1, 0.15) is 18.0 Å². The van der Waals surface area contributed by atoms with Crippen molar-refractivity contribution in [3.05, 3.63) is 23.7 Å². The van der Waals surface area contributed by atoms with Gasteiger partial charge in [0.25, 0.3) is 0 Å². The molecule has 0 atom stereocenters. The Morgan fingerprint density at radius 1 is 1.27 bits per heavy atom. The molecule has 5 nitrogen and oxygen atoms in total. The van der Waals surface area contributed by atoms with Gasteiger partial charge < -0.3 is 24.2 Å². The van der Waals surface area contributed by atoms with Crippen LogP contribution in [0.25, 0.3) is 0 Å². The highest BCUT2D eigenvalue weighted by Gasteiger charge is 2.01. The van der Waals surface area contributed by atoms with Crippen LogP contribution in [0.3, 0.4) is 0 Å². The minimum atomic E-state index is -1.56. The van der Waals surface area contributed by atoms with Crippen molar-refractivity contribution in [1.29, 1.82) is 0 Å². The summed E-state index contributed by atoms with van der Waals surface area (Å²) in [6.07, 6.45) is 0.778. The zero-order chi connectivity index (χ0) is 8.43. The van der Waals surface area contributed by atoms with Gasteiger partial charge in [-0.3, -0.25) is 0 Å². The Balaban J connectivity index is 2.99. The molecule has 0 aromatic carbocycles. The van der Waals surface area contributed by atoms with Gasteiger partial charge in [-0.2, -0.15) is 0 Å². The van der Waals surface area contributed by atoms with Crippen LogP contribution in [0.2, 0.25) is 0 Å². The van der Waals surface area contributed by atoms with Gasteiger partial charge in [-0.15, -0.1) is 0 Å². The van der Waals surface area contributed by atoms with Crippen molar-refractivity contribution in [3.63, 3.8) is 0 Å². The molecule has 0 unspecified atom stereocenters. The number of carboxylic acid groups (broad SMARTS) is 2. The second-order valence-corrected chi connectivity index (χ2v) is 1.77. The number of carboxylic acids is 2. The molecule has 0 radical (unpaired) electrons. The summed E-state index contributed by atoms with van der Waals surface area (Å²) in [7, 11) is 0. The van der Waals surface area contributed by atoms with Gasteiger partial charge in [-0.25, -0.2) is 0 Å². The first-order valence-corrected chi connectivity index (χ1v) is 2.62. The number of hydrogen-bond donors (Lipinski definition) is 0. The molecule has 11 heavy (non-hydrogen) atoms. The molecule has 1 aromatic heterocycles. The molecule has 0 saturated heterocycles. The Morgan fingerprint density at radius 3 is 2.18 bits per heavy atom. The van der Waals surface area contributed by atoms with E-state index < -0.39 is 17.7 Å². The third-order valence-corrected chi connectivity index (χ3v) is 1.04. The fraction of sp³-hybridized carbons (Fsp3) is 0. The van der Waals surface area contributed by atoms with E-state index in [9.17, 15) is 19.8 Å². The van der Waals surface area contributed by atoms with Gasteiger partial charge in [0.15, 0.2) is 0 Å². The monoisotopic (exact) mass is 154 g/mol. The summed E-state index contributed by atoms with van der Waals surface area (Å²) < 4.78 is 4.30. The third-order valence-electron chi connectivity index (χ3n) is 1.04. The molecule has 0 amide bonds. The molecule has 0 aliphatic rings. The lowest BCUT2D eigenvalue weighted by molar-refractivity contribution is -0.257. The van der Waals surface area contributed by atoms with Crippen LogP contribution in [0, 0.1) is 0 Å².